The van der Waals surface area contributed by atoms with E-state index in [-0.39, 0.29) is 0 Å². The van der Waals surface area contributed by atoms with E-state index in [4.69, 9.17) is 0 Å². The number of hydrogen-bond donors (Lipinski definition) is 0. The molecule has 0 aromatic heterocycles. The van der Waals surface area contributed by atoms with Gasteiger partial charge >= 0.3 is 79.8 Å². The van der Waals surface area contributed by atoms with Crippen LogP contribution >= 0.6 is 0 Å². The predicted octanol–water partition coefficient (Wildman–Crippen LogP) is 1.86. The monoisotopic (exact) mass is 147 g/mol. The topological polar surface area (TPSA) is 3.24 Å². The van der Waals surface area contributed by atoms with Gasteiger partial charge < -0.3 is 0 Å². The zero-order valence-electron chi connectivity index (χ0n) is 8.14. The number of likely N-dealkylation sites (N-methyl/N-ethyl adjacent to an activating group) is 1. The zero-order valence-corrected chi connectivity index (χ0v) is 8.14. The van der Waals surface area contributed by atoms with Crippen LogP contribution in [0.2, 0.25) is 5.09 Å². The molecule has 0 spiro atoms. The van der Waals surface area contributed by atoms with Crippen molar-refractivity contribution in [2.45, 2.75) is 25.4 Å². The molecule has 2 heteroatoms. The molecule has 1 nitrogen and oxygen atoms in total. The molecular formula is C9H18LiN. The maximum absolute atomic E-state index is 2.45. The molecule has 0 fully saturated rings. The molecule has 0 atom stereocenters. The Balaban J connectivity index is 3.42. The van der Waals surface area contributed by atoms with E-state index < -0.39 is 0 Å². The molecule has 0 unspecified atom stereocenters. The van der Waals surface area contributed by atoms with E-state index in [2.05, 4.69) is 48.6 Å². The van der Waals surface area contributed by atoms with Crippen molar-refractivity contribution >= 4 is 17.7 Å². The van der Waals surface area contributed by atoms with Crippen molar-refractivity contribution < 1.29 is 0 Å². The summed E-state index contributed by atoms with van der Waals surface area (Å²) in [6, 6.07) is 0. The normalized spacial score (nSPS) is 11.7. The first-order valence-electron chi connectivity index (χ1n) is 4.72. The van der Waals surface area contributed by atoms with E-state index in [9.17, 15) is 0 Å². The standard InChI is InChI=1S/C9H18N.Li/c1-4-7-9-10(6-3)8-5-2;/h4,7H,1,5-6,8-9H2,2-3H3;. The number of nitrogens with zero attached hydrogens (tertiary/aromatic N) is 1. The van der Waals surface area contributed by atoms with Gasteiger partial charge in [-0.1, -0.05) is 0 Å². The van der Waals surface area contributed by atoms with Crippen LogP contribution in [0.15, 0.2) is 12.2 Å². The maximum atomic E-state index is 2.45. The third-order valence-electron chi connectivity index (χ3n) is 1.75. The molecule has 0 aromatic rings. The molecule has 11 heavy (non-hydrogen) atoms. The minimum absolute atomic E-state index is 1.12. The summed E-state index contributed by atoms with van der Waals surface area (Å²) in [5.41, 5.74) is 0. The van der Waals surface area contributed by atoms with Gasteiger partial charge in [-0.05, 0) is 0 Å². The van der Waals surface area contributed by atoms with Crippen molar-refractivity contribution in [1.82, 2.24) is 4.90 Å². The Bertz CT molecular complexity index is 102. The summed E-state index contributed by atoms with van der Waals surface area (Å²) < 4.78 is 0. The van der Waals surface area contributed by atoms with Crippen LogP contribution in [0.3, 0.4) is 0 Å². The van der Waals surface area contributed by atoms with Gasteiger partial charge in [0, 0.05) is 0 Å². The summed E-state index contributed by atoms with van der Waals surface area (Å²) in [5, 5.41) is 1.16. The number of rotatable bonds is 6. The summed E-state index contributed by atoms with van der Waals surface area (Å²) >= 11 is 2.17. The van der Waals surface area contributed by atoms with Crippen LogP contribution in [0, 0.1) is 0 Å². The summed E-state index contributed by atoms with van der Waals surface area (Å²) in [4.78, 5) is 2.45. The third kappa shape index (κ3) is 6.69. The molecule has 0 saturated carbocycles. The van der Waals surface area contributed by atoms with Crippen molar-refractivity contribution in [2.75, 3.05) is 19.6 Å². The fourth-order valence-electron chi connectivity index (χ4n) is 1.09. The van der Waals surface area contributed by atoms with Gasteiger partial charge in [0.1, 0.15) is 0 Å². The third-order valence-corrected chi connectivity index (χ3v) is 1.75. The Labute approximate surface area is 80.1 Å². The summed E-state index contributed by atoms with van der Waals surface area (Å²) in [6.07, 6.45) is 5.76. The van der Waals surface area contributed by atoms with Crippen molar-refractivity contribution in [2.24, 2.45) is 0 Å². The molecule has 0 aliphatic rings. The van der Waals surface area contributed by atoms with Crippen LogP contribution in [0.5, 0.6) is 0 Å². The molecule has 0 N–H and O–H groups in total. The van der Waals surface area contributed by atoms with Gasteiger partial charge in [0.15, 0.2) is 0 Å². The first kappa shape index (κ1) is 11.3. The van der Waals surface area contributed by atoms with Gasteiger partial charge in [0.2, 0.25) is 0 Å². The second kappa shape index (κ2) is 8.39. The number of allylic oxidation sites excluding steroid dienone is 1. The van der Waals surface area contributed by atoms with Crippen LogP contribution in [-0.2, 0) is 0 Å². The molecule has 0 aliphatic carbocycles. The van der Waals surface area contributed by atoms with Gasteiger partial charge in [-0.25, -0.2) is 0 Å². The summed E-state index contributed by atoms with van der Waals surface area (Å²) in [6.45, 7) is 7.96. The fourth-order valence-corrected chi connectivity index (χ4v) is 1.09. The van der Waals surface area contributed by atoms with Gasteiger partial charge in [0.05, 0.1) is 0 Å². The van der Waals surface area contributed by atoms with E-state index in [1.807, 2.05) is 0 Å². The molecule has 60 valence electrons. The van der Waals surface area contributed by atoms with E-state index in [0.29, 0.717) is 0 Å². The van der Waals surface area contributed by atoms with E-state index in [1.54, 1.807) is 0 Å². The minimum atomic E-state index is 1.12. The molecule has 0 aromatic carbocycles. The van der Waals surface area contributed by atoms with E-state index in [1.165, 1.54) is 19.5 Å². The van der Waals surface area contributed by atoms with Gasteiger partial charge in [-0.3, -0.25) is 0 Å². The predicted molar refractivity (Wildman–Crippen MR) is 52.1 cm³/mol. The van der Waals surface area contributed by atoms with Crippen LogP contribution in [-0.4, -0.2) is 42.2 Å². The molecule has 0 aliphatic heterocycles. The zero-order chi connectivity index (χ0) is 8.53. The molecule has 0 heterocycles. The average Bonchev–Trinajstić information content (AvgIpc) is 2.03. The number of hydrogen-bond acceptors (Lipinski definition) is 1. The van der Waals surface area contributed by atoms with Crippen molar-refractivity contribution in [1.29, 1.82) is 0 Å². The quantitative estimate of drug-likeness (QED) is 0.409. The SMILES string of the molecule is [Li][CH2]C=CCN(CC)CCC. The van der Waals surface area contributed by atoms with Crippen molar-refractivity contribution in [3.63, 3.8) is 0 Å². The summed E-state index contributed by atoms with van der Waals surface area (Å²) in [5.74, 6) is 0. The second-order valence-electron chi connectivity index (χ2n) is 2.77. The molecule has 0 saturated heterocycles. The first-order valence-corrected chi connectivity index (χ1v) is 4.72. The Morgan fingerprint density at radius 2 is 2.00 bits per heavy atom. The average molecular weight is 147 g/mol. The Morgan fingerprint density at radius 1 is 1.27 bits per heavy atom. The van der Waals surface area contributed by atoms with Crippen molar-refractivity contribution in [3.8, 4) is 0 Å². The van der Waals surface area contributed by atoms with Crippen LogP contribution < -0.4 is 0 Å². The first-order chi connectivity index (χ1) is 5.35. The van der Waals surface area contributed by atoms with Crippen LogP contribution in [0.1, 0.15) is 20.3 Å². The fraction of sp³-hybridized carbons (Fsp3) is 0.778. The van der Waals surface area contributed by atoms with E-state index in [0.717, 1.165) is 11.6 Å². The molecule has 0 rings (SSSR count). The molecule has 0 bridgehead atoms. The van der Waals surface area contributed by atoms with Crippen LogP contribution in [0.25, 0.3) is 0 Å². The Morgan fingerprint density at radius 3 is 2.45 bits per heavy atom. The van der Waals surface area contributed by atoms with Gasteiger partial charge in [-0.2, -0.15) is 0 Å². The molecular weight excluding hydrogens is 129 g/mol. The van der Waals surface area contributed by atoms with Crippen molar-refractivity contribution in [3.05, 3.63) is 12.2 Å². The summed E-state index contributed by atoms with van der Waals surface area (Å²) in [7, 11) is 0. The van der Waals surface area contributed by atoms with Gasteiger partial charge in [-0.15, -0.1) is 0 Å². The Kier molecular flexibility index (Phi) is 8.62. The van der Waals surface area contributed by atoms with Gasteiger partial charge in [0.25, 0.3) is 0 Å². The molecule has 0 radical (unpaired) electrons. The Hall–Kier alpha value is 0.297. The van der Waals surface area contributed by atoms with E-state index >= 15 is 0 Å². The second-order valence-corrected chi connectivity index (χ2v) is 2.77. The van der Waals surface area contributed by atoms with Crippen LogP contribution in [0.4, 0.5) is 0 Å². The molecule has 0 amide bonds.